The van der Waals surface area contributed by atoms with Gasteiger partial charge in [0, 0.05) is 19.6 Å². The van der Waals surface area contributed by atoms with Crippen molar-refractivity contribution in [2.45, 2.75) is 18.9 Å². The number of anilines is 2. The minimum absolute atomic E-state index is 0.129. The van der Waals surface area contributed by atoms with Crippen molar-refractivity contribution in [1.29, 1.82) is 0 Å². The Hall–Kier alpha value is -1.34. The Bertz CT molecular complexity index is 399. The van der Waals surface area contributed by atoms with Crippen LogP contribution in [-0.2, 0) is 0 Å². The summed E-state index contributed by atoms with van der Waals surface area (Å²) < 4.78 is 0. The van der Waals surface area contributed by atoms with E-state index in [1.165, 1.54) is 11.3 Å². The minimum atomic E-state index is -0.129. The molecule has 0 saturated carbocycles. The van der Waals surface area contributed by atoms with Crippen LogP contribution in [0, 0.1) is 0 Å². The Morgan fingerprint density at radius 3 is 3.06 bits per heavy atom. The summed E-state index contributed by atoms with van der Waals surface area (Å²) in [6.07, 6.45) is 2.10. The quantitative estimate of drug-likeness (QED) is 0.621. The van der Waals surface area contributed by atoms with Crippen molar-refractivity contribution in [3.63, 3.8) is 0 Å². The van der Waals surface area contributed by atoms with Gasteiger partial charge < -0.3 is 21.7 Å². The molecule has 1 fully saturated rings. The number of nitrogens with zero attached hydrogens (tertiary/aromatic N) is 1. The molecule has 0 aliphatic carbocycles. The second-order valence-electron chi connectivity index (χ2n) is 4.00. The fourth-order valence-electron chi connectivity index (χ4n) is 1.83. The Labute approximate surface area is 104 Å². The van der Waals surface area contributed by atoms with Crippen LogP contribution in [0.3, 0.4) is 0 Å². The van der Waals surface area contributed by atoms with E-state index in [0.29, 0.717) is 15.8 Å². The van der Waals surface area contributed by atoms with E-state index in [4.69, 9.17) is 5.73 Å². The molecule has 0 aromatic carbocycles. The molecule has 0 unspecified atom stereocenters. The minimum Gasteiger partial charge on any atom is -0.382 e. The van der Waals surface area contributed by atoms with Crippen molar-refractivity contribution in [1.82, 2.24) is 15.6 Å². The van der Waals surface area contributed by atoms with E-state index in [1.807, 2.05) is 0 Å². The Balaban J connectivity index is 2.00. The van der Waals surface area contributed by atoms with Crippen molar-refractivity contribution >= 4 is 28.2 Å². The highest BCUT2D eigenvalue weighted by Crippen LogP contribution is 2.24. The first-order valence-corrected chi connectivity index (χ1v) is 6.48. The number of piperidine rings is 1. The number of carbonyl (C=O) groups is 1. The van der Waals surface area contributed by atoms with Gasteiger partial charge >= 0.3 is 0 Å². The van der Waals surface area contributed by atoms with Gasteiger partial charge in [-0.25, -0.2) is 4.98 Å². The molecule has 1 amide bonds. The third-order valence-corrected chi connectivity index (χ3v) is 3.79. The molecule has 1 aliphatic rings. The number of nitrogens with one attached hydrogen (secondary N) is 3. The molecule has 0 bridgehead atoms. The number of rotatable bonds is 3. The number of hydrogen-bond acceptors (Lipinski definition) is 6. The molecule has 0 spiro atoms. The lowest BCUT2D eigenvalue weighted by atomic mass is 10.1. The molecule has 1 atom stereocenters. The highest BCUT2D eigenvalue weighted by molar-refractivity contribution is 7.18. The first kappa shape index (κ1) is 12.1. The summed E-state index contributed by atoms with van der Waals surface area (Å²) in [6.45, 7) is 1.85. The van der Waals surface area contributed by atoms with Gasteiger partial charge in [-0.1, -0.05) is 11.3 Å². The van der Waals surface area contributed by atoms with E-state index in [1.54, 1.807) is 7.05 Å². The van der Waals surface area contributed by atoms with Gasteiger partial charge in [0.15, 0.2) is 5.13 Å². The van der Waals surface area contributed by atoms with Crippen LogP contribution in [0.15, 0.2) is 0 Å². The van der Waals surface area contributed by atoms with Crippen molar-refractivity contribution in [2.24, 2.45) is 0 Å². The highest BCUT2D eigenvalue weighted by Gasteiger charge is 2.20. The van der Waals surface area contributed by atoms with Gasteiger partial charge in [0.05, 0.1) is 0 Å². The number of amides is 1. The van der Waals surface area contributed by atoms with Crippen LogP contribution in [0.25, 0.3) is 0 Å². The highest BCUT2D eigenvalue weighted by atomic mass is 32.1. The topological polar surface area (TPSA) is 92.1 Å². The lowest BCUT2D eigenvalue weighted by Gasteiger charge is -2.23. The maximum Gasteiger partial charge on any atom is 0.265 e. The molecule has 0 radical (unpaired) electrons. The smallest absolute Gasteiger partial charge is 0.265 e. The van der Waals surface area contributed by atoms with Crippen molar-refractivity contribution in [3.8, 4) is 0 Å². The van der Waals surface area contributed by atoms with E-state index < -0.39 is 0 Å². The molecular weight excluding hydrogens is 238 g/mol. The lowest BCUT2D eigenvalue weighted by Crippen LogP contribution is -2.45. The number of aromatic nitrogens is 1. The summed E-state index contributed by atoms with van der Waals surface area (Å²) in [4.78, 5) is 16.5. The summed E-state index contributed by atoms with van der Waals surface area (Å²) in [5, 5.41) is 9.77. The van der Waals surface area contributed by atoms with Gasteiger partial charge in [-0.2, -0.15) is 0 Å². The zero-order valence-corrected chi connectivity index (χ0v) is 10.6. The molecule has 1 aliphatic heterocycles. The number of carbonyl (C=O) groups excluding carboxylic acids is 1. The van der Waals surface area contributed by atoms with Crippen LogP contribution in [0.5, 0.6) is 0 Å². The largest absolute Gasteiger partial charge is 0.382 e. The van der Waals surface area contributed by atoms with Crippen LogP contribution in [0.1, 0.15) is 22.5 Å². The number of thiazole rings is 1. The van der Waals surface area contributed by atoms with Crippen LogP contribution in [0.2, 0.25) is 0 Å². The molecule has 7 heteroatoms. The Kier molecular flexibility index (Phi) is 3.80. The molecule has 94 valence electrons. The normalized spacial score (nSPS) is 19.9. The van der Waals surface area contributed by atoms with E-state index in [9.17, 15) is 4.79 Å². The zero-order chi connectivity index (χ0) is 12.3. The van der Waals surface area contributed by atoms with Gasteiger partial charge in [-0.05, 0) is 19.4 Å². The number of hydrogen-bond donors (Lipinski definition) is 4. The summed E-state index contributed by atoms with van der Waals surface area (Å²) in [7, 11) is 1.75. The van der Waals surface area contributed by atoms with Crippen LogP contribution in [0.4, 0.5) is 10.9 Å². The van der Waals surface area contributed by atoms with Gasteiger partial charge in [0.2, 0.25) is 0 Å². The molecule has 1 saturated heterocycles. The van der Waals surface area contributed by atoms with Crippen molar-refractivity contribution in [2.75, 3.05) is 31.2 Å². The van der Waals surface area contributed by atoms with Crippen LogP contribution >= 0.6 is 11.3 Å². The zero-order valence-electron chi connectivity index (χ0n) is 9.75. The van der Waals surface area contributed by atoms with Gasteiger partial charge in [0.25, 0.3) is 5.91 Å². The van der Waals surface area contributed by atoms with Crippen LogP contribution in [-0.4, -0.2) is 37.1 Å². The molecule has 17 heavy (non-hydrogen) atoms. The fraction of sp³-hybridized carbons (Fsp3) is 0.600. The third-order valence-electron chi connectivity index (χ3n) is 2.71. The average Bonchev–Trinajstić information content (AvgIpc) is 2.72. The fourth-order valence-corrected chi connectivity index (χ4v) is 2.57. The van der Waals surface area contributed by atoms with Gasteiger partial charge in [-0.3, -0.25) is 4.79 Å². The average molecular weight is 255 g/mol. The maximum absolute atomic E-state index is 12.0. The predicted molar refractivity (Wildman–Crippen MR) is 69.4 cm³/mol. The summed E-state index contributed by atoms with van der Waals surface area (Å²) in [6, 6.07) is 0.191. The van der Waals surface area contributed by atoms with E-state index >= 15 is 0 Å². The SMILES string of the molecule is CNc1nc(N)c(C(=O)N[C@H]2CCCNC2)s1. The number of nitrogens with two attached hydrogens (primary N) is 1. The first-order valence-electron chi connectivity index (χ1n) is 5.66. The Morgan fingerprint density at radius 1 is 1.65 bits per heavy atom. The molecule has 5 N–H and O–H groups in total. The summed E-state index contributed by atoms with van der Waals surface area (Å²) in [5.41, 5.74) is 5.71. The first-order chi connectivity index (χ1) is 8.20. The Morgan fingerprint density at radius 2 is 2.47 bits per heavy atom. The standard InChI is InChI=1S/C10H17N5OS/c1-12-10-15-8(11)7(17-10)9(16)14-6-3-2-4-13-5-6/h6,13H,2-5,11H2,1H3,(H,12,15)(H,14,16)/t6-/m0/s1. The molecule has 1 aromatic rings. The molecule has 2 rings (SSSR count). The molecule has 6 nitrogen and oxygen atoms in total. The summed E-state index contributed by atoms with van der Waals surface area (Å²) >= 11 is 1.28. The third kappa shape index (κ3) is 2.86. The van der Waals surface area contributed by atoms with Gasteiger partial charge in [-0.15, -0.1) is 0 Å². The molecule has 1 aromatic heterocycles. The van der Waals surface area contributed by atoms with Crippen LogP contribution < -0.4 is 21.7 Å². The second kappa shape index (κ2) is 5.33. The summed E-state index contributed by atoms with van der Waals surface area (Å²) in [5.74, 6) is 0.163. The number of nitrogen functional groups attached to an aromatic ring is 1. The van der Waals surface area contributed by atoms with E-state index in [0.717, 1.165) is 25.9 Å². The van der Waals surface area contributed by atoms with Crippen molar-refractivity contribution in [3.05, 3.63) is 4.88 Å². The monoisotopic (exact) mass is 255 g/mol. The maximum atomic E-state index is 12.0. The van der Waals surface area contributed by atoms with E-state index in [2.05, 4.69) is 20.9 Å². The van der Waals surface area contributed by atoms with E-state index in [-0.39, 0.29) is 11.9 Å². The second-order valence-corrected chi connectivity index (χ2v) is 5.00. The van der Waals surface area contributed by atoms with Crippen molar-refractivity contribution < 1.29 is 4.79 Å². The molecular formula is C10H17N5OS. The predicted octanol–water partition coefficient (Wildman–Crippen LogP) is 0.249. The van der Waals surface area contributed by atoms with Gasteiger partial charge in [0.1, 0.15) is 10.7 Å². The lowest BCUT2D eigenvalue weighted by molar-refractivity contribution is 0.0935. The molecule has 2 heterocycles.